The van der Waals surface area contributed by atoms with Gasteiger partial charge >= 0.3 is 0 Å². The summed E-state index contributed by atoms with van der Waals surface area (Å²) in [6.45, 7) is 1.96. The first kappa shape index (κ1) is 16.2. The summed E-state index contributed by atoms with van der Waals surface area (Å²) in [4.78, 5) is 26.0. The van der Waals surface area contributed by atoms with E-state index >= 15 is 0 Å². The van der Waals surface area contributed by atoms with Gasteiger partial charge in [0.1, 0.15) is 6.04 Å². The molecule has 6 heteroatoms. The molecule has 1 fully saturated rings. The van der Waals surface area contributed by atoms with E-state index in [4.69, 9.17) is 0 Å². The van der Waals surface area contributed by atoms with Gasteiger partial charge in [0.05, 0.1) is 5.69 Å². The van der Waals surface area contributed by atoms with Gasteiger partial charge in [0.2, 0.25) is 11.8 Å². The molecule has 1 N–H and O–H groups in total. The molecule has 0 saturated carbocycles. The number of benzene rings is 1. The van der Waals surface area contributed by atoms with Crippen molar-refractivity contribution in [2.45, 2.75) is 32.2 Å². The normalized spacial score (nSPS) is 17.9. The van der Waals surface area contributed by atoms with Crippen LogP contribution < -0.4 is 5.32 Å². The fourth-order valence-corrected chi connectivity index (χ4v) is 3.09. The van der Waals surface area contributed by atoms with Gasteiger partial charge in [0, 0.05) is 38.0 Å². The Bertz CT molecular complexity index is 781. The summed E-state index contributed by atoms with van der Waals surface area (Å²) in [5.74, 6) is -0.0995. The number of nitrogens with zero attached hydrogens (tertiary/aromatic N) is 3. The summed E-state index contributed by atoms with van der Waals surface area (Å²) in [5, 5.41) is 7.17. The van der Waals surface area contributed by atoms with Gasteiger partial charge in [0.25, 0.3) is 0 Å². The molecule has 1 saturated heterocycles. The molecule has 2 aromatic rings. The fraction of sp³-hybridized carbons (Fsp3) is 0.389. The number of hydrogen-bond donors (Lipinski definition) is 1. The lowest BCUT2D eigenvalue weighted by atomic mass is 10.0. The maximum absolute atomic E-state index is 12.6. The summed E-state index contributed by atoms with van der Waals surface area (Å²) in [6.07, 6.45) is 3.73. The van der Waals surface area contributed by atoms with E-state index in [-0.39, 0.29) is 11.8 Å². The molecule has 0 radical (unpaired) electrons. The molecule has 1 unspecified atom stereocenters. The van der Waals surface area contributed by atoms with Gasteiger partial charge in [-0.25, -0.2) is 0 Å². The monoisotopic (exact) mass is 326 g/mol. The zero-order valence-electron chi connectivity index (χ0n) is 14.2. The number of amides is 2. The number of nitrogens with one attached hydrogen (secondary N) is 1. The maximum atomic E-state index is 12.6. The van der Waals surface area contributed by atoms with Crippen molar-refractivity contribution in [3.05, 3.63) is 36.0 Å². The molecule has 3 rings (SSSR count). The van der Waals surface area contributed by atoms with Crippen molar-refractivity contribution >= 4 is 17.5 Å². The highest BCUT2D eigenvalue weighted by Gasteiger charge is 2.30. The number of carbonyl (C=O) groups is 2. The van der Waals surface area contributed by atoms with Crippen LogP contribution >= 0.6 is 0 Å². The second-order valence-corrected chi connectivity index (χ2v) is 6.27. The molecule has 0 aliphatic carbocycles. The first-order valence-electron chi connectivity index (χ1n) is 8.13. The number of rotatable bonds is 3. The molecule has 2 heterocycles. The molecule has 1 aliphatic heterocycles. The summed E-state index contributed by atoms with van der Waals surface area (Å²) in [5.41, 5.74) is 3.73. The van der Waals surface area contributed by atoms with Crippen molar-refractivity contribution < 1.29 is 9.59 Å². The van der Waals surface area contributed by atoms with E-state index in [1.54, 1.807) is 22.8 Å². The maximum Gasteiger partial charge on any atom is 0.247 e. The van der Waals surface area contributed by atoms with E-state index in [0.717, 1.165) is 28.9 Å². The molecular weight excluding hydrogens is 304 g/mol. The predicted octanol–water partition coefficient (Wildman–Crippen LogP) is 2.34. The quantitative estimate of drug-likeness (QED) is 0.941. The number of hydrogen-bond acceptors (Lipinski definition) is 3. The molecule has 126 valence electrons. The molecule has 6 nitrogen and oxygen atoms in total. The average molecular weight is 326 g/mol. The third-order valence-corrected chi connectivity index (χ3v) is 4.64. The molecule has 1 aromatic heterocycles. The first-order valence-corrected chi connectivity index (χ1v) is 8.13. The molecule has 24 heavy (non-hydrogen) atoms. The number of carbonyl (C=O) groups excluding carboxylic acids is 2. The lowest BCUT2D eigenvalue weighted by Crippen LogP contribution is -2.47. The summed E-state index contributed by atoms with van der Waals surface area (Å²) < 4.78 is 1.80. The molecule has 0 bridgehead atoms. The second kappa shape index (κ2) is 6.47. The lowest BCUT2D eigenvalue weighted by Gasteiger charge is -2.31. The van der Waals surface area contributed by atoms with Crippen LogP contribution in [-0.4, -0.2) is 39.6 Å². The Morgan fingerprint density at radius 1 is 1.29 bits per heavy atom. The Hall–Kier alpha value is -2.63. The van der Waals surface area contributed by atoms with E-state index in [9.17, 15) is 9.59 Å². The van der Waals surface area contributed by atoms with Crippen LogP contribution in [0.2, 0.25) is 0 Å². The zero-order valence-corrected chi connectivity index (χ0v) is 14.2. The lowest BCUT2D eigenvalue weighted by molar-refractivity contribution is -0.140. The van der Waals surface area contributed by atoms with Crippen molar-refractivity contribution in [3.8, 4) is 11.3 Å². The minimum absolute atomic E-state index is 0.0294. The Kier molecular flexibility index (Phi) is 4.38. The minimum atomic E-state index is -0.397. The van der Waals surface area contributed by atoms with E-state index in [1.165, 1.54) is 0 Å². The molecule has 1 aliphatic rings. The SMILES string of the molecule is Cc1ccc(-c2ccnn2C)cc1NC(=O)C1CCCC(=O)N1C. The van der Waals surface area contributed by atoms with Crippen molar-refractivity contribution in [3.63, 3.8) is 0 Å². The Morgan fingerprint density at radius 3 is 2.79 bits per heavy atom. The van der Waals surface area contributed by atoms with Gasteiger partial charge in [0.15, 0.2) is 0 Å². The molecular formula is C18H22N4O2. The highest BCUT2D eigenvalue weighted by Crippen LogP contribution is 2.26. The van der Waals surface area contributed by atoms with Crippen LogP contribution in [0.3, 0.4) is 0 Å². The van der Waals surface area contributed by atoms with Crippen molar-refractivity contribution in [2.24, 2.45) is 7.05 Å². The van der Waals surface area contributed by atoms with Gasteiger partial charge in [-0.2, -0.15) is 5.10 Å². The van der Waals surface area contributed by atoms with Crippen LogP contribution in [0.4, 0.5) is 5.69 Å². The van der Waals surface area contributed by atoms with Crippen molar-refractivity contribution in [2.75, 3.05) is 12.4 Å². The number of aromatic nitrogens is 2. The van der Waals surface area contributed by atoms with Gasteiger partial charge in [-0.15, -0.1) is 0 Å². The summed E-state index contributed by atoms with van der Waals surface area (Å²) >= 11 is 0. The smallest absolute Gasteiger partial charge is 0.247 e. The Morgan fingerprint density at radius 2 is 2.08 bits per heavy atom. The highest BCUT2D eigenvalue weighted by molar-refractivity contribution is 5.98. The number of aryl methyl sites for hydroxylation is 2. The van der Waals surface area contributed by atoms with E-state index in [1.807, 2.05) is 38.2 Å². The molecule has 0 spiro atoms. The standard InChI is InChI=1S/C18H22N4O2/c1-12-7-8-13(15-9-10-19-22(15)3)11-14(12)20-18(24)16-5-4-6-17(23)21(16)2/h7-11,16H,4-6H2,1-3H3,(H,20,24). The van der Waals surface area contributed by atoms with Crippen molar-refractivity contribution in [1.29, 1.82) is 0 Å². The van der Waals surface area contributed by atoms with Crippen LogP contribution in [0.1, 0.15) is 24.8 Å². The third-order valence-electron chi connectivity index (χ3n) is 4.64. The predicted molar refractivity (Wildman–Crippen MR) is 92.4 cm³/mol. The largest absolute Gasteiger partial charge is 0.334 e. The number of likely N-dealkylation sites (N-methyl/N-ethyl adjacent to an activating group) is 1. The Labute approximate surface area is 141 Å². The van der Waals surface area contributed by atoms with Crippen LogP contribution in [0, 0.1) is 6.92 Å². The average Bonchev–Trinajstić information content (AvgIpc) is 2.98. The summed E-state index contributed by atoms with van der Waals surface area (Å²) in [7, 11) is 3.58. The highest BCUT2D eigenvalue weighted by atomic mass is 16.2. The Balaban J connectivity index is 1.83. The van der Waals surface area contributed by atoms with E-state index in [0.29, 0.717) is 12.8 Å². The van der Waals surface area contributed by atoms with Gasteiger partial charge < -0.3 is 10.2 Å². The summed E-state index contributed by atoms with van der Waals surface area (Å²) in [6, 6.07) is 7.48. The first-order chi connectivity index (χ1) is 11.5. The van der Waals surface area contributed by atoms with Crippen LogP contribution in [0.25, 0.3) is 11.3 Å². The fourth-order valence-electron chi connectivity index (χ4n) is 3.09. The number of anilines is 1. The van der Waals surface area contributed by atoms with Gasteiger partial charge in [-0.05, 0) is 37.5 Å². The number of piperidine rings is 1. The zero-order chi connectivity index (χ0) is 17.3. The van der Waals surface area contributed by atoms with Gasteiger partial charge in [-0.1, -0.05) is 12.1 Å². The molecule has 1 aromatic carbocycles. The number of likely N-dealkylation sites (tertiary alicyclic amines) is 1. The molecule has 2 amide bonds. The van der Waals surface area contributed by atoms with Crippen LogP contribution in [0.15, 0.2) is 30.5 Å². The van der Waals surface area contributed by atoms with Gasteiger partial charge in [-0.3, -0.25) is 14.3 Å². The van der Waals surface area contributed by atoms with E-state index < -0.39 is 6.04 Å². The topological polar surface area (TPSA) is 67.2 Å². The second-order valence-electron chi connectivity index (χ2n) is 6.27. The van der Waals surface area contributed by atoms with Crippen molar-refractivity contribution in [1.82, 2.24) is 14.7 Å². The van der Waals surface area contributed by atoms with E-state index in [2.05, 4.69) is 10.4 Å². The van der Waals surface area contributed by atoms with Crippen LogP contribution in [0.5, 0.6) is 0 Å². The third kappa shape index (κ3) is 3.04. The van der Waals surface area contributed by atoms with Crippen LogP contribution in [-0.2, 0) is 16.6 Å². The molecule has 1 atom stereocenters. The minimum Gasteiger partial charge on any atom is -0.334 e.